The van der Waals surface area contributed by atoms with E-state index in [1.165, 1.54) is 5.56 Å². The van der Waals surface area contributed by atoms with Gasteiger partial charge in [-0.05, 0) is 24.7 Å². The summed E-state index contributed by atoms with van der Waals surface area (Å²) in [5.74, 6) is 1.38. The van der Waals surface area contributed by atoms with Crippen LogP contribution in [0.25, 0.3) is 0 Å². The van der Waals surface area contributed by atoms with Crippen molar-refractivity contribution in [2.45, 2.75) is 6.04 Å². The molecular weight excluding hydrogens is 252 g/mol. The molecule has 3 rings (SSSR count). The molecule has 5 heteroatoms. The predicted octanol–water partition coefficient (Wildman–Crippen LogP) is 0.682. The Morgan fingerprint density at radius 1 is 1.15 bits per heavy atom. The van der Waals surface area contributed by atoms with Gasteiger partial charge < -0.3 is 15.3 Å². The highest BCUT2D eigenvalue weighted by atomic mass is 16.3. The summed E-state index contributed by atoms with van der Waals surface area (Å²) in [7, 11) is 2.16. The number of rotatable bonds is 3. The molecule has 1 aromatic rings. The molecule has 0 bridgehead atoms. The van der Waals surface area contributed by atoms with Gasteiger partial charge in [-0.2, -0.15) is 0 Å². The zero-order valence-corrected chi connectivity index (χ0v) is 11.9. The Bertz CT molecular complexity index is 477. The molecule has 0 aliphatic carbocycles. The van der Waals surface area contributed by atoms with E-state index in [-0.39, 0.29) is 6.04 Å². The summed E-state index contributed by atoms with van der Waals surface area (Å²) in [5.41, 5.74) is 1.19. The van der Waals surface area contributed by atoms with Gasteiger partial charge >= 0.3 is 0 Å². The lowest BCUT2D eigenvalue weighted by Crippen LogP contribution is -2.49. The van der Waals surface area contributed by atoms with Gasteiger partial charge in [-0.15, -0.1) is 0 Å². The first-order valence-corrected chi connectivity index (χ1v) is 7.24. The molecule has 2 heterocycles. The van der Waals surface area contributed by atoms with E-state index >= 15 is 0 Å². The number of aliphatic imine (C=N–C) groups is 1. The van der Waals surface area contributed by atoms with Crippen LogP contribution in [0.4, 0.5) is 0 Å². The van der Waals surface area contributed by atoms with Crippen molar-refractivity contribution in [2.75, 3.05) is 46.3 Å². The number of hydrogen-bond donors (Lipinski definition) is 2. The van der Waals surface area contributed by atoms with Crippen molar-refractivity contribution in [3.05, 3.63) is 29.8 Å². The van der Waals surface area contributed by atoms with Crippen LogP contribution in [0.5, 0.6) is 5.75 Å². The number of amidine groups is 1. The molecule has 2 aliphatic rings. The van der Waals surface area contributed by atoms with E-state index in [2.05, 4.69) is 27.2 Å². The molecule has 1 aromatic carbocycles. The van der Waals surface area contributed by atoms with Crippen LogP contribution in [0.15, 0.2) is 29.3 Å². The molecule has 0 spiro atoms. The molecule has 1 saturated heterocycles. The minimum absolute atomic E-state index is 0.187. The molecule has 5 nitrogen and oxygen atoms in total. The van der Waals surface area contributed by atoms with Crippen molar-refractivity contribution in [1.82, 2.24) is 15.1 Å². The van der Waals surface area contributed by atoms with Gasteiger partial charge in [-0.3, -0.25) is 9.89 Å². The molecule has 0 amide bonds. The molecule has 108 valence electrons. The van der Waals surface area contributed by atoms with E-state index in [9.17, 15) is 5.11 Å². The maximum Gasteiger partial charge on any atom is 0.119 e. The third kappa shape index (κ3) is 2.78. The van der Waals surface area contributed by atoms with E-state index in [4.69, 9.17) is 0 Å². The lowest BCUT2D eigenvalue weighted by atomic mass is 10.0. The number of nitrogens with one attached hydrogen (secondary N) is 1. The van der Waals surface area contributed by atoms with Gasteiger partial charge in [0.1, 0.15) is 11.6 Å². The summed E-state index contributed by atoms with van der Waals surface area (Å²) in [4.78, 5) is 9.45. The van der Waals surface area contributed by atoms with Crippen LogP contribution in [0.3, 0.4) is 0 Å². The second-order valence-corrected chi connectivity index (χ2v) is 5.53. The Hall–Kier alpha value is -1.59. The third-order valence-electron chi connectivity index (χ3n) is 4.07. The molecular formula is C15H22N4O. The SMILES string of the molecule is CN1CCN(C(C2=NCCN2)c2ccc(O)cc2)CC1. The maximum absolute atomic E-state index is 9.48. The van der Waals surface area contributed by atoms with Gasteiger partial charge in [0.2, 0.25) is 0 Å². The zero-order chi connectivity index (χ0) is 13.9. The fourth-order valence-corrected chi connectivity index (χ4v) is 2.88. The molecule has 0 aromatic heterocycles. The topological polar surface area (TPSA) is 51.1 Å². The van der Waals surface area contributed by atoms with Crippen molar-refractivity contribution in [3.63, 3.8) is 0 Å². The standard InChI is InChI=1S/C15H22N4O/c1-18-8-10-19(11-9-18)14(15-16-6-7-17-15)12-2-4-13(20)5-3-12/h2-5,14,20H,6-11H2,1H3,(H,16,17). The fourth-order valence-electron chi connectivity index (χ4n) is 2.88. The smallest absolute Gasteiger partial charge is 0.119 e. The van der Waals surface area contributed by atoms with Gasteiger partial charge in [0, 0.05) is 32.7 Å². The summed E-state index contributed by atoms with van der Waals surface area (Å²) < 4.78 is 0. The first-order valence-electron chi connectivity index (χ1n) is 7.24. The molecule has 1 unspecified atom stereocenters. The predicted molar refractivity (Wildman–Crippen MR) is 80.2 cm³/mol. The normalized spacial score (nSPS) is 22.4. The van der Waals surface area contributed by atoms with Crippen LogP contribution in [0, 0.1) is 0 Å². The van der Waals surface area contributed by atoms with Gasteiger partial charge in [0.15, 0.2) is 0 Å². The van der Waals surface area contributed by atoms with Crippen LogP contribution in [0.1, 0.15) is 11.6 Å². The monoisotopic (exact) mass is 274 g/mol. The Morgan fingerprint density at radius 2 is 1.85 bits per heavy atom. The minimum atomic E-state index is 0.187. The second kappa shape index (κ2) is 5.81. The number of piperazine rings is 1. The Kier molecular flexibility index (Phi) is 3.89. The number of aromatic hydroxyl groups is 1. The van der Waals surface area contributed by atoms with E-state index in [1.54, 1.807) is 12.1 Å². The maximum atomic E-state index is 9.48. The number of likely N-dealkylation sites (N-methyl/N-ethyl adjacent to an activating group) is 1. The molecule has 0 radical (unpaired) electrons. The number of nitrogens with zero attached hydrogens (tertiary/aromatic N) is 3. The van der Waals surface area contributed by atoms with E-state index in [0.29, 0.717) is 5.75 Å². The highest BCUT2D eigenvalue weighted by Gasteiger charge is 2.29. The second-order valence-electron chi connectivity index (χ2n) is 5.53. The van der Waals surface area contributed by atoms with Crippen LogP contribution in [0.2, 0.25) is 0 Å². The molecule has 2 aliphatic heterocycles. The Labute approximate surface area is 119 Å². The molecule has 0 saturated carbocycles. The van der Waals surface area contributed by atoms with Crippen LogP contribution >= 0.6 is 0 Å². The first-order chi connectivity index (χ1) is 9.74. The van der Waals surface area contributed by atoms with Crippen molar-refractivity contribution >= 4 is 5.84 Å². The zero-order valence-electron chi connectivity index (χ0n) is 11.9. The highest BCUT2D eigenvalue weighted by molar-refractivity contribution is 5.89. The summed E-state index contributed by atoms with van der Waals surface area (Å²) in [5, 5.41) is 12.9. The summed E-state index contributed by atoms with van der Waals surface area (Å²) in [6.07, 6.45) is 0. The Balaban J connectivity index is 1.85. The van der Waals surface area contributed by atoms with Crippen LogP contribution in [-0.2, 0) is 0 Å². The molecule has 1 fully saturated rings. The molecule has 2 N–H and O–H groups in total. The fraction of sp³-hybridized carbons (Fsp3) is 0.533. The van der Waals surface area contributed by atoms with Gasteiger partial charge in [0.05, 0.1) is 12.6 Å². The van der Waals surface area contributed by atoms with Gasteiger partial charge in [-0.25, -0.2) is 0 Å². The van der Waals surface area contributed by atoms with Crippen molar-refractivity contribution < 1.29 is 5.11 Å². The minimum Gasteiger partial charge on any atom is -0.508 e. The Morgan fingerprint density at radius 3 is 2.45 bits per heavy atom. The van der Waals surface area contributed by atoms with Crippen LogP contribution in [-0.4, -0.2) is 67.1 Å². The van der Waals surface area contributed by atoms with Crippen LogP contribution < -0.4 is 5.32 Å². The third-order valence-corrected chi connectivity index (χ3v) is 4.07. The average molecular weight is 274 g/mol. The molecule has 20 heavy (non-hydrogen) atoms. The largest absolute Gasteiger partial charge is 0.508 e. The highest BCUT2D eigenvalue weighted by Crippen LogP contribution is 2.25. The van der Waals surface area contributed by atoms with E-state index in [0.717, 1.165) is 45.1 Å². The summed E-state index contributed by atoms with van der Waals surface area (Å²) >= 11 is 0. The number of phenolic OH excluding ortho intramolecular Hbond substituents is 1. The average Bonchev–Trinajstić information content (AvgIpc) is 2.97. The van der Waals surface area contributed by atoms with Gasteiger partial charge in [-0.1, -0.05) is 12.1 Å². The van der Waals surface area contributed by atoms with E-state index in [1.807, 2.05) is 12.1 Å². The van der Waals surface area contributed by atoms with Crippen molar-refractivity contribution in [3.8, 4) is 5.75 Å². The summed E-state index contributed by atoms with van der Waals surface area (Å²) in [6.45, 7) is 6.05. The van der Waals surface area contributed by atoms with Crippen molar-refractivity contribution in [2.24, 2.45) is 4.99 Å². The summed E-state index contributed by atoms with van der Waals surface area (Å²) in [6, 6.07) is 7.70. The number of hydrogen-bond acceptors (Lipinski definition) is 5. The number of phenols is 1. The van der Waals surface area contributed by atoms with Gasteiger partial charge in [0.25, 0.3) is 0 Å². The van der Waals surface area contributed by atoms with E-state index < -0.39 is 0 Å². The number of benzene rings is 1. The lowest BCUT2D eigenvalue weighted by Gasteiger charge is -2.38. The first kappa shape index (κ1) is 13.4. The quantitative estimate of drug-likeness (QED) is 0.851. The molecule has 1 atom stereocenters. The van der Waals surface area contributed by atoms with Crippen molar-refractivity contribution in [1.29, 1.82) is 0 Å². The lowest BCUT2D eigenvalue weighted by molar-refractivity contribution is 0.136.